The van der Waals surface area contributed by atoms with Crippen molar-refractivity contribution in [3.05, 3.63) is 11.6 Å². The van der Waals surface area contributed by atoms with E-state index in [1.54, 1.807) is 5.57 Å². The number of carbonyl (C=O) groups is 1. The zero-order valence-electron chi connectivity index (χ0n) is 30.1. The minimum atomic E-state index is -0.0497. The molecule has 0 heterocycles. The van der Waals surface area contributed by atoms with Gasteiger partial charge in [0.25, 0.3) is 0 Å². The molecule has 0 spiro atoms. The molecule has 8 atom stereocenters. The summed E-state index contributed by atoms with van der Waals surface area (Å²) in [6, 6.07) is 0. The number of carbonyl (C=O) groups excluding carboxylic acids is 1. The molecule has 0 aromatic heterocycles. The van der Waals surface area contributed by atoms with E-state index in [0.29, 0.717) is 10.8 Å². The zero-order chi connectivity index (χ0) is 31.7. The Morgan fingerprint density at radius 1 is 0.909 bits per heavy atom. The average Bonchev–Trinajstić information content (AvgIpc) is 3.35. The molecule has 0 aromatic carbocycles. The molecule has 8 unspecified atom stereocenters. The van der Waals surface area contributed by atoms with Crippen molar-refractivity contribution in [2.75, 3.05) is 19.6 Å². The fourth-order valence-electron chi connectivity index (χ4n) is 10.8. The number of nitrogens with zero attached hydrogens (tertiary/aromatic N) is 1. The van der Waals surface area contributed by atoms with E-state index in [4.69, 9.17) is 4.74 Å². The van der Waals surface area contributed by atoms with Crippen LogP contribution < -0.4 is 5.73 Å². The van der Waals surface area contributed by atoms with Gasteiger partial charge in [0, 0.05) is 19.5 Å². The molecule has 3 saturated carbocycles. The standard InChI is InChI=1S/C40H72N2O2/c1-7-8-27-42(28-14-12-10-9-11-13-26-41)38(43)44-33-22-24-39(5)32(29-33)18-19-34-36-21-20-35(31(4)17-15-16-30(2)3)40(36,6)25-23-37(34)39/h18,30-31,33-37H,7-17,19-29,41H2,1-6H3/p+1. The fraction of sp³-hybridized carbons (Fsp3) is 0.925. The van der Waals surface area contributed by atoms with E-state index < -0.39 is 0 Å². The summed E-state index contributed by atoms with van der Waals surface area (Å²) in [5, 5.41) is 0. The molecule has 0 saturated heterocycles. The van der Waals surface area contributed by atoms with Gasteiger partial charge in [0.05, 0.1) is 6.54 Å². The van der Waals surface area contributed by atoms with E-state index in [0.717, 1.165) is 87.2 Å². The lowest BCUT2D eigenvalue weighted by Crippen LogP contribution is -2.51. The van der Waals surface area contributed by atoms with Gasteiger partial charge in [-0.05, 0) is 117 Å². The van der Waals surface area contributed by atoms with Gasteiger partial charge in [-0.25, -0.2) is 4.79 Å². The van der Waals surface area contributed by atoms with Gasteiger partial charge in [0.1, 0.15) is 6.10 Å². The quantitative estimate of drug-likeness (QED) is 0.131. The van der Waals surface area contributed by atoms with Gasteiger partial charge in [-0.3, -0.25) is 0 Å². The first-order valence-corrected chi connectivity index (χ1v) is 19.6. The number of ether oxygens (including phenoxy) is 1. The van der Waals surface area contributed by atoms with Crippen LogP contribution in [-0.4, -0.2) is 36.7 Å². The number of unbranched alkanes of at least 4 members (excludes halogenated alkanes) is 6. The average molecular weight is 614 g/mol. The number of hydrogen-bond acceptors (Lipinski definition) is 2. The van der Waals surface area contributed by atoms with Crippen molar-refractivity contribution in [1.82, 2.24) is 4.90 Å². The van der Waals surface area contributed by atoms with E-state index in [1.165, 1.54) is 89.9 Å². The summed E-state index contributed by atoms with van der Waals surface area (Å²) >= 11 is 0. The second-order valence-electron chi connectivity index (χ2n) is 16.9. The van der Waals surface area contributed by atoms with E-state index >= 15 is 0 Å². The highest BCUT2D eigenvalue weighted by atomic mass is 16.6. The molecule has 4 heteroatoms. The molecule has 3 fully saturated rings. The predicted octanol–water partition coefficient (Wildman–Crippen LogP) is 10.2. The van der Waals surface area contributed by atoms with E-state index in [2.05, 4.69) is 53.4 Å². The lowest BCUT2D eigenvalue weighted by Gasteiger charge is -2.58. The first-order chi connectivity index (χ1) is 21.1. The second-order valence-corrected chi connectivity index (χ2v) is 16.9. The molecule has 4 aliphatic rings. The first kappa shape index (κ1) is 35.8. The van der Waals surface area contributed by atoms with Gasteiger partial charge in [-0.1, -0.05) is 98.1 Å². The SMILES string of the molecule is CCCCN(CCCCCCCC[NH3+])C(=O)OC1CCC2(C)C(=CCC3C2CCC2(C)C(C(C)CCCC(C)C)CCC32)C1. The molecular weight excluding hydrogens is 540 g/mol. The Hall–Kier alpha value is -1.03. The molecule has 0 aromatic rings. The fourth-order valence-corrected chi connectivity index (χ4v) is 10.8. The third-order valence-corrected chi connectivity index (χ3v) is 13.5. The van der Waals surface area contributed by atoms with Gasteiger partial charge >= 0.3 is 6.09 Å². The van der Waals surface area contributed by atoms with Crippen molar-refractivity contribution in [2.45, 2.75) is 170 Å². The molecule has 44 heavy (non-hydrogen) atoms. The van der Waals surface area contributed by atoms with Gasteiger partial charge in [0.15, 0.2) is 0 Å². The number of quaternary nitrogens is 1. The smallest absolute Gasteiger partial charge is 0.410 e. The monoisotopic (exact) mass is 614 g/mol. The lowest BCUT2D eigenvalue weighted by molar-refractivity contribution is -0.368. The predicted molar refractivity (Wildman–Crippen MR) is 185 cm³/mol. The maximum atomic E-state index is 13.4. The maximum absolute atomic E-state index is 13.4. The summed E-state index contributed by atoms with van der Waals surface area (Å²) in [4.78, 5) is 15.4. The molecule has 4 aliphatic carbocycles. The largest absolute Gasteiger partial charge is 0.446 e. The van der Waals surface area contributed by atoms with Crippen molar-refractivity contribution in [3.8, 4) is 0 Å². The van der Waals surface area contributed by atoms with Gasteiger partial charge < -0.3 is 15.4 Å². The van der Waals surface area contributed by atoms with Crippen molar-refractivity contribution < 1.29 is 15.3 Å². The topological polar surface area (TPSA) is 57.2 Å². The normalized spacial score (nSPS) is 33.7. The van der Waals surface area contributed by atoms with Crippen LogP contribution >= 0.6 is 0 Å². The molecule has 3 N–H and O–H groups in total. The van der Waals surface area contributed by atoms with Crippen LogP contribution in [0.1, 0.15) is 164 Å². The number of rotatable bonds is 17. The van der Waals surface area contributed by atoms with Crippen LogP contribution in [0.4, 0.5) is 4.79 Å². The van der Waals surface area contributed by atoms with Crippen LogP contribution in [0, 0.1) is 46.3 Å². The van der Waals surface area contributed by atoms with Crippen LogP contribution in [0.5, 0.6) is 0 Å². The Bertz CT molecular complexity index is 915. The summed E-state index contributed by atoms with van der Waals surface area (Å²) in [7, 11) is 0. The first-order valence-electron chi connectivity index (χ1n) is 19.6. The number of hydrogen-bond donors (Lipinski definition) is 1. The number of amides is 1. The van der Waals surface area contributed by atoms with Gasteiger partial charge in [-0.15, -0.1) is 0 Å². The summed E-state index contributed by atoms with van der Waals surface area (Å²) in [5.41, 5.74) is 6.44. The van der Waals surface area contributed by atoms with Crippen molar-refractivity contribution in [2.24, 2.45) is 46.3 Å². The highest BCUT2D eigenvalue weighted by Crippen LogP contribution is 2.67. The van der Waals surface area contributed by atoms with Crippen molar-refractivity contribution in [3.63, 3.8) is 0 Å². The van der Waals surface area contributed by atoms with Crippen LogP contribution in [0.2, 0.25) is 0 Å². The van der Waals surface area contributed by atoms with Crippen LogP contribution in [0.25, 0.3) is 0 Å². The Kier molecular flexibility index (Phi) is 13.6. The van der Waals surface area contributed by atoms with Crippen LogP contribution in [0.15, 0.2) is 11.6 Å². The Labute approximate surface area is 273 Å². The Balaban J connectivity index is 1.32. The lowest BCUT2D eigenvalue weighted by atomic mass is 9.47. The van der Waals surface area contributed by atoms with Crippen LogP contribution in [0.3, 0.4) is 0 Å². The van der Waals surface area contributed by atoms with Crippen molar-refractivity contribution >= 4 is 6.09 Å². The van der Waals surface area contributed by atoms with Gasteiger partial charge in [0.2, 0.25) is 0 Å². The molecule has 254 valence electrons. The molecule has 0 bridgehead atoms. The zero-order valence-corrected chi connectivity index (χ0v) is 30.1. The second kappa shape index (κ2) is 16.7. The van der Waals surface area contributed by atoms with Gasteiger partial charge in [-0.2, -0.15) is 0 Å². The highest BCUT2D eigenvalue weighted by Gasteiger charge is 2.59. The third kappa shape index (κ3) is 8.46. The summed E-state index contributed by atoms with van der Waals surface area (Å²) in [6.07, 6.45) is 26.7. The molecule has 4 nitrogen and oxygen atoms in total. The molecule has 0 radical (unpaired) electrons. The van der Waals surface area contributed by atoms with E-state index in [1.807, 2.05) is 4.90 Å². The van der Waals surface area contributed by atoms with E-state index in [9.17, 15) is 4.79 Å². The highest BCUT2D eigenvalue weighted by molar-refractivity contribution is 5.67. The van der Waals surface area contributed by atoms with Crippen LogP contribution in [-0.2, 0) is 4.74 Å². The van der Waals surface area contributed by atoms with E-state index in [-0.39, 0.29) is 12.2 Å². The van der Waals surface area contributed by atoms with Crippen molar-refractivity contribution in [1.29, 1.82) is 0 Å². The maximum Gasteiger partial charge on any atom is 0.410 e. The minimum Gasteiger partial charge on any atom is -0.446 e. The summed E-state index contributed by atoms with van der Waals surface area (Å²) < 4.78 is 6.30. The molecule has 0 aliphatic heterocycles. The summed E-state index contributed by atoms with van der Waals surface area (Å²) in [6.45, 7) is 17.6. The molecule has 1 amide bonds. The molecular formula is C40H73N2O2+. The Morgan fingerprint density at radius 2 is 1.64 bits per heavy atom. The molecule has 4 rings (SSSR count). The summed E-state index contributed by atoms with van der Waals surface area (Å²) in [5.74, 6) is 5.21. The number of allylic oxidation sites excluding steroid dienone is 1. The Morgan fingerprint density at radius 3 is 2.36 bits per heavy atom. The third-order valence-electron chi connectivity index (χ3n) is 13.5. The number of fused-ring (bicyclic) bond motifs is 5. The minimum absolute atomic E-state index is 0.0497.